The Hall–Kier alpha value is -0.410. The Kier molecular flexibility index (Phi) is 6.99. The van der Waals surface area contributed by atoms with E-state index in [1.807, 2.05) is 0 Å². The Labute approximate surface area is 35.9 Å². The normalized spacial score (nSPS) is 11.7. The zero-order valence-corrected chi connectivity index (χ0v) is 3.46. The molecule has 0 bridgehead atoms. The molecule has 0 spiro atoms. The van der Waals surface area contributed by atoms with Gasteiger partial charge in [0, 0.05) is 0 Å². The summed E-state index contributed by atoms with van der Waals surface area (Å²) in [5.74, 6) is 0. The van der Waals surface area contributed by atoms with Gasteiger partial charge in [-0.1, -0.05) is 0 Å². The van der Waals surface area contributed by atoms with Gasteiger partial charge in [-0.3, -0.25) is 5.48 Å². The van der Waals surface area contributed by atoms with Crippen LogP contribution in [0.15, 0.2) is 0 Å². The van der Waals surface area contributed by atoms with Crippen LogP contribution in [0.5, 0.6) is 0 Å². The first-order valence-electron chi connectivity index (χ1n) is 1.40. The highest BCUT2D eigenvalue weighted by Crippen LogP contribution is 1.62. The van der Waals surface area contributed by atoms with Crippen molar-refractivity contribution in [2.45, 2.75) is 13.0 Å². The van der Waals surface area contributed by atoms with Crippen molar-refractivity contribution in [2.75, 3.05) is 0 Å². The van der Waals surface area contributed by atoms with Crippen LogP contribution >= 0.6 is 0 Å². The van der Waals surface area contributed by atoms with Crippen molar-refractivity contribution >= 4 is 6.29 Å². The van der Waals surface area contributed by atoms with Gasteiger partial charge in [0.25, 0.3) is 0 Å². The van der Waals surface area contributed by atoms with Crippen molar-refractivity contribution < 1.29 is 15.4 Å². The van der Waals surface area contributed by atoms with E-state index in [0.717, 1.165) is 0 Å². The van der Waals surface area contributed by atoms with Crippen molar-refractivity contribution in [3.8, 4) is 0 Å². The van der Waals surface area contributed by atoms with Crippen LogP contribution in [0.4, 0.5) is 0 Å². The lowest BCUT2D eigenvalue weighted by Crippen LogP contribution is -1.97. The van der Waals surface area contributed by atoms with Gasteiger partial charge < -0.3 is 9.90 Å². The van der Waals surface area contributed by atoms with E-state index in [1.54, 1.807) is 0 Å². The summed E-state index contributed by atoms with van der Waals surface area (Å²) in [5, 5.41) is 7.99. The summed E-state index contributed by atoms with van der Waals surface area (Å²) in [6.45, 7) is 1.41. The van der Waals surface area contributed by atoms with Crippen molar-refractivity contribution in [1.29, 1.82) is 0 Å². The van der Waals surface area contributed by atoms with Crippen LogP contribution in [-0.2, 0) is 4.79 Å². The predicted octanol–water partition coefficient (Wildman–Crippen LogP) is -0.611. The molecule has 3 nitrogen and oxygen atoms in total. The van der Waals surface area contributed by atoms with Gasteiger partial charge in [0.1, 0.15) is 12.4 Å². The average molecular weight is 91.1 g/mol. The number of carbonyl (C=O) groups is 1. The van der Waals surface area contributed by atoms with Crippen LogP contribution in [0, 0.1) is 0 Å². The zero-order valence-electron chi connectivity index (χ0n) is 3.46. The first kappa shape index (κ1) is 9.14. The molecule has 2 N–H and O–H groups in total. The van der Waals surface area contributed by atoms with Crippen LogP contribution in [0.2, 0.25) is 0 Å². The second-order valence-electron chi connectivity index (χ2n) is 0.877. The van der Waals surface area contributed by atoms with E-state index in [1.165, 1.54) is 6.92 Å². The molecule has 37 valence electrons. The van der Waals surface area contributed by atoms with Gasteiger partial charge in [-0.15, -0.1) is 0 Å². The minimum Gasteiger partial charge on any atom is -0.386 e. The second kappa shape index (κ2) is 4.59. The molecule has 0 saturated heterocycles. The summed E-state index contributed by atoms with van der Waals surface area (Å²) < 4.78 is 0. The third-order valence-corrected chi connectivity index (χ3v) is 0.197. The Bertz CT molecular complexity index is 33.0. The maximum absolute atomic E-state index is 9.25. The number of aliphatic hydroxyl groups is 1. The molecule has 0 aromatic carbocycles. The second-order valence-corrected chi connectivity index (χ2v) is 0.877. The van der Waals surface area contributed by atoms with Gasteiger partial charge in [-0.25, -0.2) is 0 Å². The first-order chi connectivity index (χ1) is 2.27. The van der Waals surface area contributed by atoms with Crippen molar-refractivity contribution in [3.63, 3.8) is 0 Å². The van der Waals surface area contributed by atoms with E-state index >= 15 is 0 Å². The molecule has 0 aliphatic carbocycles. The molecule has 6 heavy (non-hydrogen) atoms. The minimum atomic E-state index is -0.796. The van der Waals surface area contributed by atoms with Crippen LogP contribution < -0.4 is 0 Å². The summed E-state index contributed by atoms with van der Waals surface area (Å²) in [4.78, 5) is 9.25. The molecule has 0 saturated carbocycles. The molecule has 0 aliphatic rings. The fraction of sp³-hybridized carbons (Fsp3) is 0.667. The fourth-order valence-corrected chi connectivity index (χ4v) is 0. The third-order valence-electron chi connectivity index (χ3n) is 0.197. The van der Waals surface area contributed by atoms with Crippen LogP contribution in [0.1, 0.15) is 6.92 Å². The number of hydrogen-bond donors (Lipinski definition) is 2. The molecule has 0 rings (SSSR count). The lowest BCUT2D eigenvalue weighted by Gasteiger charge is -1.79. The van der Waals surface area contributed by atoms with Gasteiger partial charge in [-0.2, -0.15) is 0 Å². The molecule has 1 radical (unpaired) electrons. The van der Waals surface area contributed by atoms with Crippen LogP contribution in [0.3, 0.4) is 0 Å². The summed E-state index contributed by atoms with van der Waals surface area (Å²) >= 11 is 0. The van der Waals surface area contributed by atoms with E-state index in [9.17, 15) is 4.79 Å². The topological polar surface area (TPSA) is 67.3 Å². The minimum absolute atomic E-state index is 0. The van der Waals surface area contributed by atoms with Gasteiger partial charge >= 0.3 is 0 Å². The average Bonchev–Trinajstić information content (AvgIpc) is 1.38. The molecular formula is C3H7O3. The lowest BCUT2D eigenvalue weighted by atomic mass is 10.5. The molecule has 3 heteroatoms. The summed E-state index contributed by atoms with van der Waals surface area (Å²) in [6, 6.07) is 0. The zero-order chi connectivity index (χ0) is 4.28. The highest BCUT2D eigenvalue weighted by molar-refractivity contribution is 5.54. The van der Waals surface area contributed by atoms with E-state index in [2.05, 4.69) is 0 Å². The van der Waals surface area contributed by atoms with Crippen LogP contribution in [-0.4, -0.2) is 23.0 Å². The molecule has 0 heterocycles. The molecule has 1 unspecified atom stereocenters. The van der Waals surface area contributed by atoms with E-state index in [4.69, 9.17) is 5.11 Å². The smallest absolute Gasteiger partial charge is 0.148 e. The Morgan fingerprint density at radius 1 is 1.83 bits per heavy atom. The van der Waals surface area contributed by atoms with Crippen molar-refractivity contribution in [1.82, 2.24) is 0 Å². The number of aldehydes is 1. The van der Waals surface area contributed by atoms with Crippen molar-refractivity contribution in [3.05, 3.63) is 0 Å². The largest absolute Gasteiger partial charge is 0.386 e. The summed E-state index contributed by atoms with van der Waals surface area (Å²) in [6.07, 6.45) is -0.324. The summed E-state index contributed by atoms with van der Waals surface area (Å²) in [5.41, 5.74) is 0. The quantitative estimate of drug-likeness (QED) is 0.423. The van der Waals surface area contributed by atoms with Gasteiger partial charge in [0.15, 0.2) is 0 Å². The predicted molar refractivity (Wildman–Crippen MR) is 19.7 cm³/mol. The molecule has 1 atom stereocenters. The fourth-order valence-electron chi connectivity index (χ4n) is 0. The Morgan fingerprint density at radius 3 is 2.00 bits per heavy atom. The number of rotatable bonds is 1. The monoisotopic (exact) mass is 91.0 g/mol. The Balaban J connectivity index is 0. The molecule has 0 aliphatic heterocycles. The molecular weight excluding hydrogens is 84.0 g/mol. The summed E-state index contributed by atoms with van der Waals surface area (Å²) in [7, 11) is 0. The first-order valence-corrected chi connectivity index (χ1v) is 1.40. The van der Waals surface area contributed by atoms with Crippen LogP contribution in [0.25, 0.3) is 0 Å². The SMILES string of the molecule is CC(O)C=O.[OH]. The molecule has 0 aromatic rings. The van der Waals surface area contributed by atoms with Gasteiger partial charge in [-0.05, 0) is 6.92 Å². The highest BCUT2D eigenvalue weighted by atomic mass is 16.3. The van der Waals surface area contributed by atoms with E-state index in [0.29, 0.717) is 6.29 Å². The number of aliphatic hydroxyl groups excluding tert-OH is 1. The molecule has 0 aromatic heterocycles. The Morgan fingerprint density at radius 2 is 2.00 bits per heavy atom. The standard InChI is InChI=1S/C3H6O2.HO/c1-3(5)2-4;/h2-3,5H,1H3;1H. The third kappa shape index (κ3) is 9.53. The number of carbonyl (C=O) groups excluding carboxylic acids is 1. The molecule has 0 amide bonds. The van der Waals surface area contributed by atoms with Gasteiger partial charge in [0.2, 0.25) is 0 Å². The highest BCUT2D eigenvalue weighted by Gasteiger charge is 1.81. The van der Waals surface area contributed by atoms with E-state index in [-0.39, 0.29) is 5.48 Å². The maximum Gasteiger partial charge on any atom is 0.148 e. The maximum atomic E-state index is 9.25. The number of hydrogen-bond acceptors (Lipinski definition) is 2. The lowest BCUT2D eigenvalue weighted by molar-refractivity contribution is -0.114. The van der Waals surface area contributed by atoms with Crippen molar-refractivity contribution in [2.24, 2.45) is 0 Å². The van der Waals surface area contributed by atoms with Gasteiger partial charge in [0.05, 0.1) is 0 Å². The molecule has 0 fully saturated rings. The van der Waals surface area contributed by atoms with E-state index < -0.39 is 6.10 Å².